The number of allylic oxidation sites excluding steroid dienone is 3. The third-order valence-corrected chi connectivity index (χ3v) is 5.57. The SMILES string of the molecule is CC1(C)CC(c2ccc(F)c(F)c2)=C(/C=C/[C@H]2C[C@H](O)CC(=O)O2)C(C)(C)C1. The first kappa shape index (κ1) is 20.7. The molecule has 0 bridgehead atoms. The van der Waals surface area contributed by atoms with Crippen LogP contribution in [0.5, 0.6) is 0 Å². The van der Waals surface area contributed by atoms with Crippen LogP contribution in [0, 0.1) is 22.5 Å². The maximum atomic E-state index is 13.9. The first-order valence-electron chi connectivity index (χ1n) is 9.72. The third-order valence-electron chi connectivity index (χ3n) is 5.57. The Morgan fingerprint density at radius 2 is 1.89 bits per heavy atom. The summed E-state index contributed by atoms with van der Waals surface area (Å²) in [7, 11) is 0. The Labute approximate surface area is 165 Å². The molecule has 0 amide bonds. The minimum atomic E-state index is -0.862. The lowest BCUT2D eigenvalue weighted by Gasteiger charge is -2.43. The van der Waals surface area contributed by atoms with E-state index in [1.54, 1.807) is 12.1 Å². The maximum absolute atomic E-state index is 13.9. The molecule has 1 aliphatic carbocycles. The molecule has 2 atom stereocenters. The van der Waals surface area contributed by atoms with Crippen LogP contribution in [0.4, 0.5) is 8.78 Å². The number of carbonyl (C=O) groups is 1. The Bertz CT molecular complexity index is 836. The molecular formula is C23H28F2O3. The average Bonchev–Trinajstić information content (AvgIpc) is 2.53. The number of hydrogen-bond donors (Lipinski definition) is 1. The number of benzene rings is 1. The van der Waals surface area contributed by atoms with Gasteiger partial charge < -0.3 is 9.84 Å². The number of ether oxygens (including phenoxy) is 1. The van der Waals surface area contributed by atoms with Crippen molar-refractivity contribution in [3.63, 3.8) is 0 Å². The van der Waals surface area contributed by atoms with E-state index in [1.807, 2.05) is 6.08 Å². The number of carbonyl (C=O) groups excluding carboxylic acids is 1. The first-order chi connectivity index (χ1) is 13.0. The molecule has 1 aromatic carbocycles. The zero-order chi connectivity index (χ0) is 20.7. The molecule has 3 rings (SSSR count). The van der Waals surface area contributed by atoms with E-state index in [9.17, 15) is 18.7 Å². The van der Waals surface area contributed by atoms with Gasteiger partial charge in [0.2, 0.25) is 0 Å². The Balaban J connectivity index is 2.04. The Hall–Kier alpha value is -2.01. The average molecular weight is 390 g/mol. The Morgan fingerprint density at radius 1 is 1.18 bits per heavy atom. The summed E-state index contributed by atoms with van der Waals surface area (Å²) in [6.07, 6.45) is 4.59. The van der Waals surface area contributed by atoms with Gasteiger partial charge in [0, 0.05) is 6.42 Å². The van der Waals surface area contributed by atoms with Crippen molar-refractivity contribution in [2.45, 2.75) is 65.6 Å². The van der Waals surface area contributed by atoms with E-state index in [1.165, 1.54) is 6.07 Å². The van der Waals surface area contributed by atoms with E-state index in [0.29, 0.717) is 12.0 Å². The number of cyclic esters (lactones) is 1. The number of aliphatic hydroxyl groups excluding tert-OH is 1. The van der Waals surface area contributed by atoms with Gasteiger partial charge in [0.05, 0.1) is 12.5 Å². The summed E-state index contributed by atoms with van der Waals surface area (Å²) < 4.78 is 32.7. The van der Waals surface area contributed by atoms with Crippen molar-refractivity contribution < 1.29 is 23.4 Å². The predicted octanol–water partition coefficient (Wildman–Crippen LogP) is 5.19. The minimum Gasteiger partial charge on any atom is -0.458 e. The molecule has 1 N–H and O–H groups in total. The van der Waals surface area contributed by atoms with Crippen LogP contribution < -0.4 is 0 Å². The van der Waals surface area contributed by atoms with Gasteiger partial charge in [-0.3, -0.25) is 4.79 Å². The van der Waals surface area contributed by atoms with E-state index in [2.05, 4.69) is 27.7 Å². The number of rotatable bonds is 3. The second-order valence-electron chi connectivity index (χ2n) is 9.40. The van der Waals surface area contributed by atoms with Crippen LogP contribution in [-0.2, 0) is 9.53 Å². The topological polar surface area (TPSA) is 46.5 Å². The molecule has 2 aliphatic rings. The van der Waals surface area contributed by atoms with E-state index in [4.69, 9.17) is 4.74 Å². The van der Waals surface area contributed by atoms with Crippen LogP contribution in [0.2, 0.25) is 0 Å². The van der Waals surface area contributed by atoms with Crippen LogP contribution in [0.3, 0.4) is 0 Å². The molecule has 1 fully saturated rings. The van der Waals surface area contributed by atoms with Crippen molar-refractivity contribution in [3.8, 4) is 0 Å². The molecule has 1 aromatic rings. The summed E-state index contributed by atoms with van der Waals surface area (Å²) in [4.78, 5) is 11.6. The molecule has 0 unspecified atom stereocenters. The number of halogens is 2. The second-order valence-corrected chi connectivity index (χ2v) is 9.40. The number of esters is 1. The highest BCUT2D eigenvalue weighted by Gasteiger charge is 2.38. The first-order valence-corrected chi connectivity index (χ1v) is 9.72. The fraction of sp³-hybridized carbons (Fsp3) is 0.522. The normalized spacial score (nSPS) is 27.2. The highest BCUT2D eigenvalue weighted by atomic mass is 19.2. The van der Waals surface area contributed by atoms with Gasteiger partial charge in [-0.1, -0.05) is 39.8 Å². The standard InChI is InChI=1S/C23H28F2O3/c1-22(2)12-17(14-5-8-19(24)20(25)9-14)18(23(3,4)13-22)7-6-16-10-15(26)11-21(27)28-16/h5-9,15-16,26H,10-13H2,1-4H3/b7-6+/t15-,16-/m0/s1. The maximum Gasteiger partial charge on any atom is 0.309 e. The van der Waals surface area contributed by atoms with Crippen LogP contribution in [-0.4, -0.2) is 23.3 Å². The van der Waals surface area contributed by atoms with Crippen LogP contribution in [0.25, 0.3) is 5.57 Å². The molecular weight excluding hydrogens is 362 g/mol. The molecule has 0 aromatic heterocycles. The van der Waals surface area contributed by atoms with Gasteiger partial charge in [-0.15, -0.1) is 0 Å². The fourth-order valence-electron chi connectivity index (χ4n) is 4.73. The number of aliphatic hydroxyl groups is 1. The predicted molar refractivity (Wildman–Crippen MR) is 104 cm³/mol. The Kier molecular flexibility index (Phi) is 5.50. The van der Waals surface area contributed by atoms with Gasteiger partial charge in [-0.2, -0.15) is 0 Å². The fourth-order valence-corrected chi connectivity index (χ4v) is 4.73. The lowest BCUT2D eigenvalue weighted by Crippen LogP contribution is -2.32. The van der Waals surface area contributed by atoms with Crippen molar-refractivity contribution in [1.82, 2.24) is 0 Å². The van der Waals surface area contributed by atoms with Gasteiger partial charge in [0.25, 0.3) is 0 Å². The largest absolute Gasteiger partial charge is 0.458 e. The van der Waals surface area contributed by atoms with E-state index in [0.717, 1.165) is 30.1 Å². The van der Waals surface area contributed by atoms with Crippen molar-refractivity contribution in [3.05, 3.63) is 53.1 Å². The molecule has 152 valence electrons. The highest BCUT2D eigenvalue weighted by molar-refractivity contribution is 5.74. The second kappa shape index (κ2) is 7.43. The zero-order valence-corrected chi connectivity index (χ0v) is 16.9. The van der Waals surface area contributed by atoms with E-state index in [-0.39, 0.29) is 17.3 Å². The lowest BCUT2D eigenvalue weighted by atomic mass is 9.61. The summed E-state index contributed by atoms with van der Waals surface area (Å²) in [6, 6.07) is 4.02. The smallest absolute Gasteiger partial charge is 0.309 e. The molecule has 1 heterocycles. The summed E-state index contributed by atoms with van der Waals surface area (Å²) in [5.41, 5.74) is 2.47. The van der Waals surface area contributed by atoms with Gasteiger partial charge >= 0.3 is 5.97 Å². The molecule has 3 nitrogen and oxygen atoms in total. The summed E-state index contributed by atoms with van der Waals surface area (Å²) in [5, 5.41) is 9.82. The van der Waals surface area contributed by atoms with Gasteiger partial charge in [0.15, 0.2) is 11.6 Å². The van der Waals surface area contributed by atoms with Gasteiger partial charge in [0.1, 0.15) is 6.10 Å². The molecule has 0 spiro atoms. The summed E-state index contributed by atoms with van der Waals surface area (Å²) >= 11 is 0. The van der Waals surface area contributed by atoms with Crippen molar-refractivity contribution in [1.29, 1.82) is 0 Å². The van der Waals surface area contributed by atoms with Crippen molar-refractivity contribution in [2.75, 3.05) is 0 Å². The van der Waals surface area contributed by atoms with Crippen LogP contribution >= 0.6 is 0 Å². The van der Waals surface area contributed by atoms with Crippen molar-refractivity contribution in [2.24, 2.45) is 10.8 Å². The van der Waals surface area contributed by atoms with Gasteiger partial charge in [-0.05, 0) is 58.6 Å². The van der Waals surface area contributed by atoms with E-state index < -0.39 is 29.8 Å². The van der Waals surface area contributed by atoms with Crippen LogP contribution in [0.15, 0.2) is 35.9 Å². The lowest BCUT2D eigenvalue weighted by molar-refractivity contribution is -0.156. The van der Waals surface area contributed by atoms with Crippen LogP contribution in [0.1, 0.15) is 58.9 Å². The summed E-state index contributed by atoms with van der Waals surface area (Å²) in [6.45, 7) is 8.62. The zero-order valence-electron chi connectivity index (χ0n) is 16.9. The summed E-state index contributed by atoms with van der Waals surface area (Å²) in [5.74, 6) is -2.13. The monoisotopic (exact) mass is 390 g/mol. The molecule has 28 heavy (non-hydrogen) atoms. The quantitative estimate of drug-likeness (QED) is 0.723. The third kappa shape index (κ3) is 4.52. The molecule has 0 saturated carbocycles. The molecule has 5 heteroatoms. The number of hydrogen-bond acceptors (Lipinski definition) is 3. The highest BCUT2D eigenvalue weighted by Crippen LogP contribution is 2.52. The minimum absolute atomic E-state index is 0.00847. The van der Waals surface area contributed by atoms with Crippen molar-refractivity contribution >= 4 is 11.5 Å². The molecule has 1 saturated heterocycles. The van der Waals surface area contributed by atoms with Gasteiger partial charge in [-0.25, -0.2) is 8.78 Å². The van der Waals surface area contributed by atoms with E-state index >= 15 is 0 Å². The Morgan fingerprint density at radius 3 is 2.54 bits per heavy atom. The molecule has 1 aliphatic heterocycles. The molecule has 0 radical (unpaired) electrons.